The molecule has 0 saturated heterocycles. The molecule has 2 aromatic heterocycles. The van der Waals surface area contributed by atoms with Crippen molar-refractivity contribution in [2.45, 2.75) is 19.8 Å². The molecule has 1 aliphatic carbocycles. The zero-order valence-electron chi connectivity index (χ0n) is 19.6. The molecule has 30 heavy (non-hydrogen) atoms. The van der Waals surface area contributed by atoms with E-state index in [1.165, 1.54) is 6.07 Å². The molecule has 0 unspecified atom stereocenters. The van der Waals surface area contributed by atoms with Crippen molar-refractivity contribution in [1.29, 1.82) is 0 Å². The van der Waals surface area contributed by atoms with Crippen LogP contribution in [0.1, 0.15) is 33.0 Å². The Labute approximate surface area is 178 Å². The lowest BCUT2D eigenvalue weighted by atomic mass is 10.0. The van der Waals surface area contributed by atoms with Gasteiger partial charge >= 0.3 is 0 Å². The molecule has 9 heteroatoms. The van der Waals surface area contributed by atoms with Gasteiger partial charge in [0.2, 0.25) is 5.91 Å². The number of amides is 2. The number of hydrogen-bond acceptors (Lipinski definition) is 6. The molecule has 1 aliphatic rings. The molecular formula is C21H23N7O2. The Bertz CT molecular complexity index is 1220. The Balaban J connectivity index is 1.69. The number of carbonyl (C=O) groups excluding carboxylic acids is 2. The van der Waals surface area contributed by atoms with E-state index >= 15 is 0 Å². The second-order valence-electron chi connectivity index (χ2n) is 7.19. The molecule has 0 aliphatic heterocycles. The Hall–Kier alpha value is -3.75. The molecule has 9 nitrogen and oxygen atoms in total. The number of nitrogens with zero attached hydrogens (tertiary/aromatic N) is 4. The van der Waals surface area contributed by atoms with Gasteiger partial charge in [0.05, 0.1) is 11.4 Å². The van der Waals surface area contributed by atoms with Crippen molar-refractivity contribution in [1.82, 2.24) is 25.3 Å². The highest BCUT2D eigenvalue weighted by atomic mass is 16.2. The van der Waals surface area contributed by atoms with Crippen LogP contribution in [0.4, 0.5) is 17.2 Å². The van der Waals surface area contributed by atoms with Gasteiger partial charge in [-0.1, -0.05) is 12.1 Å². The molecule has 0 spiro atoms. The third-order valence-electron chi connectivity index (χ3n) is 4.91. The fourth-order valence-electron chi connectivity index (χ4n) is 3.10. The average molecular weight is 408 g/mol. The third-order valence-corrected chi connectivity index (χ3v) is 4.91. The molecule has 3 N–H and O–H groups in total. The average Bonchev–Trinajstić information content (AvgIpc) is 3.50. The lowest BCUT2D eigenvalue weighted by Crippen LogP contribution is -2.22. The van der Waals surface area contributed by atoms with Gasteiger partial charge in [-0.25, -0.2) is 0 Å². The Morgan fingerprint density at radius 2 is 2.03 bits per heavy atom. The normalized spacial score (nSPS) is 14.9. The molecule has 3 aromatic rings. The van der Waals surface area contributed by atoms with Gasteiger partial charge in [0.25, 0.3) is 5.91 Å². The first kappa shape index (κ1) is 16.1. The summed E-state index contributed by atoms with van der Waals surface area (Å²) in [6.45, 7) is -0.789. The summed E-state index contributed by atoms with van der Waals surface area (Å²) in [5.74, 6) is -0.954. The Morgan fingerprint density at radius 3 is 2.73 bits per heavy atom. The second-order valence-corrected chi connectivity index (χ2v) is 7.19. The molecule has 2 amide bonds. The highest BCUT2D eigenvalue weighted by Gasteiger charge is 2.30. The van der Waals surface area contributed by atoms with Gasteiger partial charge in [-0.2, -0.15) is 5.10 Å². The number of hydrogen-bond donors (Lipinski definition) is 3. The van der Waals surface area contributed by atoms with E-state index in [1.807, 2.05) is 49.8 Å². The maximum atomic E-state index is 12.6. The Morgan fingerprint density at radius 1 is 1.20 bits per heavy atom. The van der Waals surface area contributed by atoms with Crippen LogP contribution in [-0.4, -0.2) is 38.8 Å². The van der Waals surface area contributed by atoms with Gasteiger partial charge in [0, 0.05) is 47.6 Å². The zero-order chi connectivity index (χ0) is 23.8. The van der Waals surface area contributed by atoms with Crippen LogP contribution >= 0.6 is 0 Å². The van der Waals surface area contributed by atoms with Crippen molar-refractivity contribution in [3.05, 3.63) is 47.8 Å². The van der Waals surface area contributed by atoms with E-state index in [0.29, 0.717) is 5.69 Å². The van der Waals surface area contributed by atoms with Gasteiger partial charge in [-0.3, -0.25) is 14.3 Å². The van der Waals surface area contributed by atoms with Crippen LogP contribution in [0, 0.1) is 12.8 Å². The summed E-state index contributed by atoms with van der Waals surface area (Å²) in [5, 5.41) is 20.0. The minimum atomic E-state index is -2.69. The summed E-state index contributed by atoms with van der Waals surface area (Å²) in [6, 6.07) is 8.94. The summed E-state index contributed by atoms with van der Waals surface area (Å²) in [4.78, 5) is 24.7. The number of aromatic nitrogens is 4. The maximum Gasteiger partial charge on any atom is 0.273 e. The van der Waals surface area contributed by atoms with E-state index in [1.54, 1.807) is 4.68 Å². The predicted octanol–water partition coefficient (Wildman–Crippen LogP) is 2.64. The van der Waals surface area contributed by atoms with Gasteiger partial charge in [-0.05, 0) is 37.5 Å². The van der Waals surface area contributed by atoms with Crippen molar-refractivity contribution in [3.8, 4) is 11.3 Å². The van der Waals surface area contributed by atoms with Crippen LogP contribution in [-0.2, 0) is 11.8 Å². The van der Waals surface area contributed by atoms with Gasteiger partial charge < -0.3 is 16.0 Å². The van der Waals surface area contributed by atoms with Crippen molar-refractivity contribution < 1.29 is 13.7 Å². The largest absolute Gasteiger partial charge is 0.354 e. The first-order valence-electron chi connectivity index (χ1n) is 11.0. The molecule has 2 heterocycles. The van der Waals surface area contributed by atoms with Crippen LogP contribution in [0.25, 0.3) is 11.3 Å². The first-order chi connectivity index (χ1) is 15.6. The monoisotopic (exact) mass is 408 g/mol. The minimum Gasteiger partial charge on any atom is -0.354 e. The van der Waals surface area contributed by atoms with E-state index in [9.17, 15) is 9.59 Å². The molecule has 1 aromatic carbocycles. The fourth-order valence-corrected chi connectivity index (χ4v) is 3.10. The minimum absolute atomic E-state index is 0.0426. The number of aryl methyl sites for hydroxylation is 1. The summed E-state index contributed by atoms with van der Waals surface area (Å²) in [5.41, 5.74) is 3.19. The number of rotatable bonds is 6. The fraction of sp³-hybridized carbons (Fsp3) is 0.286. The zero-order valence-corrected chi connectivity index (χ0v) is 16.6. The van der Waals surface area contributed by atoms with Crippen molar-refractivity contribution in [3.63, 3.8) is 0 Å². The van der Waals surface area contributed by atoms with E-state index in [4.69, 9.17) is 4.11 Å². The van der Waals surface area contributed by atoms with E-state index in [-0.39, 0.29) is 29.0 Å². The molecule has 1 saturated carbocycles. The van der Waals surface area contributed by atoms with E-state index in [0.717, 1.165) is 29.7 Å². The van der Waals surface area contributed by atoms with E-state index in [2.05, 4.69) is 25.9 Å². The number of carbonyl (C=O) groups is 2. The van der Waals surface area contributed by atoms with Crippen molar-refractivity contribution >= 4 is 29.0 Å². The maximum absolute atomic E-state index is 12.6. The standard InChI is InChI=1S/C21H23N7O2/c1-12-14(16-9-10-28(3)27-16)5-4-6-15(12)23-17-11-18(24-20(29)13-7-8-13)25-26-19(17)21(30)22-2/h4-6,9-11,13H,7-8H2,1-3H3,(H,22,30)(H2,23,24,25,29)/i2D3. The summed E-state index contributed by atoms with van der Waals surface area (Å²) >= 11 is 0. The number of benzene rings is 1. The molecule has 4 rings (SSSR count). The van der Waals surface area contributed by atoms with Gasteiger partial charge in [0.1, 0.15) is 0 Å². The lowest BCUT2D eigenvalue weighted by Gasteiger charge is -2.15. The number of nitrogens with one attached hydrogen (secondary N) is 3. The van der Waals surface area contributed by atoms with Crippen LogP contribution in [0.5, 0.6) is 0 Å². The smallest absolute Gasteiger partial charge is 0.273 e. The quantitative estimate of drug-likeness (QED) is 0.578. The van der Waals surface area contributed by atoms with Crippen LogP contribution in [0.2, 0.25) is 0 Å². The first-order valence-corrected chi connectivity index (χ1v) is 9.48. The summed E-state index contributed by atoms with van der Waals surface area (Å²) in [6.07, 6.45) is 3.49. The van der Waals surface area contributed by atoms with Crippen molar-refractivity contribution in [2.75, 3.05) is 17.6 Å². The van der Waals surface area contributed by atoms with Gasteiger partial charge in [-0.15, -0.1) is 10.2 Å². The second kappa shape index (κ2) is 7.94. The topological polar surface area (TPSA) is 114 Å². The number of anilines is 3. The van der Waals surface area contributed by atoms with E-state index < -0.39 is 12.9 Å². The van der Waals surface area contributed by atoms with Crippen LogP contribution < -0.4 is 16.0 Å². The third kappa shape index (κ3) is 4.00. The molecule has 1 fully saturated rings. The lowest BCUT2D eigenvalue weighted by molar-refractivity contribution is -0.117. The predicted molar refractivity (Wildman–Crippen MR) is 113 cm³/mol. The van der Waals surface area contributed by atoms with Crippen molar-refractivity contribution in [2.24, 2.45) is 13.0 Å². The van der Waals surface area contributed by atoms with Crippen LogP contribution in [0.15, 0.2) is 36.5 Å². The molecule has 0 radical (unpaired) electrons. The summed E-state index contributed by atoms with van der Waals surface area (Å²) in [7, 11) is 1.83. The summed E-state index contributed by atoms with van der Waals surface area (Å²) < 4.78 is 23.7. The SMILES string of the molecule is [2H]C([2H])([2H])NC(=O)c1nnc(NC(=O)C2CC2)cc1Nc1cccc(-c2ccn(C)n2)c1C. The highest BCUT2D eigenvalue weighted by Crippen LogP contribution is 2.32. The molecular weight excluding hydrogens is 382 g/mol. The van der Waals surface area contributed by atoms with Crippen LogP contribution in [0.3, 0.4) is 0 Å². The molecule has 154 valence electrons. The Kier molecular flexibility index (Phi) is 4.26. The van der Waals surface area contributed by atoms with Gasteiger partial charge in [0.15, 0.2) is 11.5 Å². The highest BCUT2D eigenvalue weighted by molar-refractivity contribution is 5.99. The molecule has 0 atom stereocenters. The molecule has 0 bridgehead atoms.